The van der Waals surface area contributed by atoms with Crippen LogP contribution in [0.2, 0.25) is 0 Å². The van der Waals surface area contributed by atoms with Crippen molar-refractivity contribution in [3.05, 3.63) is 33.2 Å². The average molecular weight is 252 g/mol. The first-order valence-electron chi connectivity index (χ1n) is 5.61. The van der Waals surface area contributed by atoms with E-state index in [0.29, 0.717) is 11.3 Å². The van der Waals surface area contributed by atoms with E-state index in [2.05, 4.69) is 10.3 Å². The summed E-state index contributed by atoms with van der Waals surface area (Å²) in [5.74, 6) is -1.78. The molecule has 1 aromatic heterocycles. The number of carbonyl (C=O) groups excluding carboxylic acids is 1. The Labute approximate surface area is 104 Å². The summed E-state index contributed by atoms with van der Waals surface area (Å²) in [6, 6.07) is 0.676. The van der Waals surface area contributed by atoms with Crippen molar-refractivity contribution >= 4 is 11.9 Å². The molecule has 1 aromatic rings. The van der Waals surface area contributed by atoms with E-state index in [1.54, 1.807) is 26.8 Å². The average Bonchev–Trinajstić information content (AvgIpc) is 2.23. The standard InChI is InChI=1S/C12H16N2O4/c1-4-8(12(17)18)14-11(16)9-6(2)5-7(3)13-10(9)15/h5,8H,4H2,1-3H3,(H,13,15)(H,14,16)(H,17,18). The second-order valence-electron chi connectivity index (χ2n) is 4.11. The first-order valence-corrected chi connectivity index (χ1v) is 5.61. The summed E-state index contributed by atoms with van der Waals surface area (Å²) in [5, 5.41) is 11.2. The molecule has 0 spiro atoms. The van der Waals surface area contributed by atoms with Crippen LogP contribution in [0.25, 0.3) is 0 Å². The highest BCUT2D eigenvalue weighted by Crippen LogP contribution is 2.04. The van der Waals surface area contributed by atoms with E-state index >= 15 is 0 Å². The minimum atomic E-state index is -1.12. The molecule has 0 aliphatic rings. The van der Waals surface area contributed by atoms with E-state index < -0.39 is 23.5 Å². The van der Waals surface area contributed by atoms with Gasteiger partial charge in [-0.3, -0.25) is 9.59 Å². The second kappa shape index (κ2) is 5.48. The zero-order valence-corrected chi connectivity index (χ0v) is 10.5. The van der Waals surface area contributed by atoms with Crippen LogP contribution in [0, 0.1) is 13.8 Å². The van der Waals surface area contributed by atoms with Crippen molar-refractivity contribution in [2.75, 3.05) is 0 Å². The number of carbonyl (C=O) groups is 2. The van der Waals surface area contributed by atoms with Gasteiger partial charge >= 0.3 is 5.97 Å². The fraction of sp³-hybridized carbons (Fsp3) is 0.417. The first kappa shape index (κ1) is 14.0. The van der Waals surface area contributed by atoms with Gasteiger partial charge in [0.15, 0.2) is 0 Å². The summed E-state index contributed by atoms with van der Waals surface area (Å²) in [5.41, 5.74) is 0.624. The van der Waals surface area contributed by atoms with Gasteiger partial charge in [0.2, 0.25) is 0 Å². The largest absolute Gasteiger partial charge is 0.480 e. The summed E-state index contributed by atoms with van der Waals surface area (Å²) in [6.07, 6.45) is 0.254. The van der Waals surface area contributed by atoms with Crippen LogP contribution in [0.5, 0.6) is 0 Å². The number of aryl methyl sites for hydroxylation is 2. The lowest BCUT2D eigenvalue weighted by Crippen LogP contribution is -2.42. The van der Waals surface area contributed by atoms with Crippen LogP contribution in [0.3, 0.4) is 0 Å². The Morgan fingerprint density at radius 3 is 2.50 bits per heavy atom. The lowest BCUT2D eigenvalue weighted by Gasteiger charge is -2.13. The Morgan fingerprint density at radius 1 is 1.44 bits per heavy atom. The number of aromatic amines is 1. The van der Waals surface area contributed by atoms with Gasteiger partial charge in [0.05, 0.1) is 0 Å². The zero-order valence-electron chi connectivity index (χ0n) is 10.5. The summed E-state index contributed by atoms with van der Waals surface area (Å²) >= 11 is 0. The van der Waals surface area contributed by atoms with Gasteiger partial charge < -0.3 is 15.4 Å². The van der Waals surface area contributed by atoms with Crippen LogP contribution < -0.4 is 10.9 Å². The maximum Gasteiger partial charge on any atom is 0.326 e. The van der Waals surface area contributed by atoms with Crippen LogP contribution in [-0.2, 0) is 4.79 Å². The minimum Gasteiger partial charge on any atom is -0.480 e. The molecular weight excluding hydrogens is 236 g/mol. The van der Waals surface area contributed by atoms with Gasteiger partial charge in [-0.25, -0.2) is 4.79 Å². The molecule has 0 fully saturated rings. The third kappa shape index (κ3) is 2.97. The van der Waals surface area contributed by atoms with Crippen molar-refractivity contribution in [3.8, 4) is 0 Å². The van der Waals surface area contributed by atoms with Gasteiger partial charge in [0.25, 0.3) is 11.5 Å². The Balaban J connectivity index is 3.05. The predicted molar refractivity (Wildman–Crippen MR) is 65.7 cm³/mol. The van der Waals surface area contributed by atoms with E-state index in [0.717, 1.165) is 0 Å². The second-order valence-corrected chi connectivity index (χ2v) is 4.11. The zero-order chi connectivity index (χ0) is 13.9. The van der Waals surface area contributed by atoms with Crippen LogP contribution in [-0.4, -0.2) is 28.0 Å². The molecule has 1 amide bonds. The van der Waals surface area contributed by atoms with E-state index in [9.17, 15) is 14.4 Å². The van der Waals surface area contributed by atoms with E-state index in [4.69, 9.17) is 5.11 Å². The molecule has 0 bridgehead atoms. The Morgan fingerprint density at radius 2 is 2.06 bits per heavy atom. The molecule has 0 saturated heterocycles. The molecule has 1 unspecified atom stereocenters. The van der Waals surface area contributed by atoms with Crippen molar-refractivity contribution in [1.82, 2.24) is 10.3 Å². The fourth-order valence-corrected chi connectivity index (χ4v) is 1.70. The third-order valence-corrected chi connectivity index (χ3v) is 2.60. The smallest absolute Gasteiger partial charge is 0.326 e. The van der Waals surface area contributed by atoms with Gasteiger partial charge in [0.1, 0.15) is 11.6 Å². The number of hydrogen-bond acceptors (Lipinski definition) is 3. The topological polar surface area (TPSA) is 99.3 Å². The number of hydrogen-bond donors (Lipinski definition) is 3. The van der Waals surface area contributed by atoms with Crippen LogP contribution >= 0.6 is 0 Å². The highest BCUT2D eigenvalue weighted by molar-refractivity contribution is 5.97. The molecule has 1 rings (SSSR count). The number of nitrogens with one attached hydrogen (secondary N) is 2. The Bertz CT molecular complexity index is 533. The summed E-state index contributed by atoms with van der Waals surface area (Å²) in [6.45, 7) is 4.99. The predicted octanol–water partition coefficient (Wildman–Crippen LogP) is 0.585. The number of aromatic nitrogens is 1. The number of carboxylic acids is 1. The Hall–Kier alpha value is -2.11. The maximum atomic E-state index is 11.9. The van der Waals surface area contributed by atoms with Crippen LogP contribution in [0.4, 0.5) is 0 Å². The fourth-order valence-electron chi connectivity index (χ4n) is 1.70. The monoisotopic (exact) mass is 252 g/mol. The van der Waals surface area contributed by atoms with Gasteiger partial charge in [-0.05, 0) is 31.9 Å². The molecular formula is C12H16N2O4. The molecule has 98 valence electrons. The van der Waals surface area contributed by atoms with E-state index in [1.165, 1.54) is 0 Å². The quantitative estimate of drug-likeness (QED) is 0.730. The first-order chi connectivity index (χ1) is 8.36. The van der Waals surface area contributed by atoms with Crippen molar-refractivity contribution in [1.29, 1.82) is 0 Å². The number of amides is 1. The molecule has 0 saturated carbocycles. The molecule has 6 heteroatoms. The highest BCUT2D eigenvalue weighted by Gasteiger charge is 2.21. The molecule has 0 aromatic carbocycles. The molecule has 0 radical (unpaired) electrons. The van der Waals surface area contributed by atoms with E-state index in [-0.39, 0.29) is 12.0 Å². The molecule has 1 atom stereocenters. The van der Waals surface area contributed by atoms with Crippen LogP contribution in [0.15, 0.2) is 10.9 Å². The van der Waals surface area contributed by atoms with Gasteiger partial charge in [-0.15, -0.1) is 0 Å². The normalized spacial score (nSPS) is 11.9. The molecule has 0 aliphatic carbocycles. The lowest BCUT2D eigenvalue weighted by molar-refractivity contribution is -0.139. The number of pyridine rings is 1. The molecule has 6 nitrogen and oxygen atoms in total. The highest BCUT2D eigenvalue weighted by atomic mass is 16.4. The number of carboxylic acid groups (broad SMARTS) is 1. The minimum absolute atomic E-state index is 0.0414. The molecule has 1 heterocycles. The molecule has 3 N–H and O–H groups in total. The van der Waals surface area contributed by atoms with Crippen LogP contribution in [0.1, 0.15) is 35.0 Å². The molecule has 18 heavy (non-hydrogen) atoms. The van der Waals surface area contributed by atoms with Gasteiger partial charge in [-0.1, -0.05) is 6.92 Å². The van der Waals surface area contributed by atoms with Crippen molar-refractivity contribution < 1.29 is 14.7 Å². The summed E-state index contributed by atoms with van der Waals surface area (Å²) in [7, 11) is 0. The lowest BCUT2D eigenvalue weighted by atomic mass is 10.1. The molecule has 0 aliphatic heterocycles. The Kier molecular flexibility index (Phi) is 4.25. The van der Waals surface area contributed by atoms with Gasteiger partial charge in [-0.2, -0.15) is 0 Å². The summed E-state index contributed by atoms with van der Waals surface area (Å²) in [4.78, 5) is 36.9. The maximum absolute atomic E-state index is 11.9. The summed E-state index contributed by atoms with van der Waals surface area (Å²) < 4.78 is 0. The van der Waals surface area contributed by atoms with Crippen molar-refractivity contribution in [2.45, 2.75) is 33.2 Å². The number of rotatable bonds is 4. The van der Waals surface area contributed by atoms with Crippen molar-refractivity contribution in [3.63, 3.8) is 0 Å². The van der Waals surface area contributed by atoms with Gasteiger partial charge in [0, 0.05) is 5.69 Å². The number of aliphatic carboxylic acids is 1. The third-order valence-electron chi connectivity index (χ3n) is 2.60. The SMILES string of the molecule is CCC(NC(=O)c1c(C)cc(C)[nH]c1=O)C(=O)O. The van der Waals surface area contributed by atoms with E-state index in [1.807, 2.05) is 0 Å². The van der Waals surface area contributed by atoms with Crippen molar-refractivity contribution in [2.24, 2.45) is 0 Å². The number of H-pyrrole nitrogens is 1.